The first-order chi connectivity index (χ1) is 8.85. The molecule has 19 heavy (non-hydrogen) atoms. The Balaban J connectivity index is 2.50. The van der Waals surface area contributed by atoms with E-state index < -0.39 is 10.8 Å². The van der Waals surface area contributed by atoms with Crippen LogP contribution in [0.25, 0.3) is 0 Å². The van der Waals surface area contributed by atoms with Gasteiger partial charge < -0.3 is 0 Å². The highest BCUT2D eigenvalue weighted by atomic mass is 32.2. The monoisotopic (exact) mass is 281 g/mol. The van der Waals surface area contributed by atoms with Crippen LogP contribution < -0.4 is 0 Å². The van der Waals surface area contributed by atoms with E-state index in [2.05, 4.69) is 6.07 Å². The van der Waals surface area contributed by atoms with Crippen LogP contribution in [0.2, 0.25) is 0 Å². The van der Waals surface area contributed by atoms with Crippen molar-refractivity contribution in [3.8, 4) is 6.07 Å². The first-order valence-corrected chi connectivity index (χ1v) is 7.78. The van der Waals surface area contributed by atoms with E-state index in [1.54, 1.807) is 12.1 Å². The fourth-order valence-corrected chi connectivity index (χ4v) is 3.02. The molecular formula is C15H20FNOS. The summed E-state index contributed by atoms with van der Waals surface area (Å²) in [6.45, 7) is 5.66. The molecule has 4 heteroatoms. The van der Waals surface area contributed by atoms with Gasteiger partial charge in [-0.05, 0) is 51.3 Å². The number of nitriles is 1. The van der Waals surface area contributed by atoms with Gasteiger partial charge in [-0.15, -0.1) is 0 Å². The van der Waals surface area contributed by atoms with Crippen LogP contribution in [-0.2, 0) is 10.8 Å². The fraction of sp³-hybridized carbons (Fsp3) is 0.533. The molecule has 0 fully saturated rings. The molecule has 0 N–H and O–H groups in total. The van der Waals surface area contributed by atoms with Crippen LogP contribution >= 0.6 is 0 Å². The lowest BCUT2D eigenvalue weighted by atomic mass is 9.90. The Kier molecular flexibility index (Phi) is 5.68. The van der Waals surface area contributed by atoms with Gasteiger partial charge in [0.15, 0.2) is 0 Å². The molecule has 1 aromatic rings. The van der Waals surface area contributed by atoms with Gasteiger partial charge in [-0.1, -0.05) is 12.1 Å². The largest absolute Gasteiger partial charge is 0.259 e. The number of rotatable bonds is 6. The zero-order chi connectivity index (χ0) is 14.5. The first kappa shape index (κ1) is 15.8. The van der Waals surface area contributed by atoms with E-state index in [4.69, 9.17) is 5.26 Å². The summed E-state index contributed by atoms with van der Waals surface area (Å²) in [6.07, 6.45) is 1.50. The molecule has 0 aromatic heterocycles. The molecule has 0 aliphatic carbocycles. The minimum atomic E-state index is -0.991. The van der Waals surface area contributed by atoms with Crippen LogP contribution in [0, 0.1) is 22.6 Å². The van der Waals surface area contributed by atoms with Crippen LogP contribution in [0.1, 0.15) is 44.4 Å². The molecule has 2 nitrogen and oxygen atoms in total. The fourth-order valence-electron chi connectivity index (χ4n) is 1.77. The Labute approximate surface area is 117 Å². The second-order valence-electron chi connectivity index (χ2n) is 5.38. The summed E-state index contributed by atoms with van der Waals surface area (Å²) in [5.41, 5.74) is 0.530. The third-order valence-electron chi connectivity index (χ3n) is 3.18. The molecule has 1 aromatic carbocycles. The van der Waals surface area contributed by atoms with E-state index in [0.29, 0.717) is 5.75 Å². The first-order valence-electron chi connectivity index (χ1n) is 6.39. The highest BCUT2D eigenvalue weighted by Gasteiger charge is 2.18. The minimum Gasteiger partial charge on any atom is -0.259 e. The summed E-state index contributed by atoms with van der Waals surface area (Å²) in [5.74, 6) is 0.293. The lowest BCUT2D eigenvalue weighted by molar-refractivity contribution is 0.446. The molecule has 0 saturated heterocycles. The van der Waals surface area contributed by atoms with Gasteiger partial charge in [0.1, 0.15) is 5.82 Å². The number of halogens is 1. The van der Waals surface area contributed by atoms with Gasteiger partial charge in [-0.2, -0.15) is 5.26 Å². The highest BCUT2D eigenvalue weighted by molar-refractivity contribution is 7.85. The molecule has 0 radical (unpaired) electrons. The smallest absolute Gasteiger partial charge is 0.123 e. The lowest BCUT2D eigenvalue weighted by Crippen LogP contribution is -2.12. The average molecular weight is 281 g/mol. The zero-order valence-electron chi connectivity index (χ0n) is 11.6. The maximum absolute atomic E-state index is 12.8. The van der Waals surface area contributed by atoms with Gasteiger partial charge in [-0.25, -0.2) is 4.39 Å². The highest BCUT2D eigenvalue weighted by Crippen LogP contribution is 2.24. The topological polar surface area (TPSA) is 40.9 Å². The van der Waals surface area contributed by atoms with Gasteiger partial charge in [0.25, 0.3) is 0 Å². The molecule has 2 atom stereocenters. The minimum absolute atomic E-state index is 0.106. The Hall–Kier alpha value is -1.21. The lowest BCUT2D eigenvalue weighted by Gasteiger charge is -2.16. The molecule has 0 aliphatic rings. The van der Waals surface area contributed by atoms with Gasteiger partial charge in [0.2, 0.25) is 0 Å². The number of hydrogen-bond donors (Lipinski definition) is 0. The zero-order valence-corrected chi connectivity index (χ0v) is 12.5. The standard InChI is InChI=1S/C15H20FNOS/c1-12(13-5-7-14(16)8-6-13)19(18)10-4-9-15(2,3)11-17/h5-8,12H,4,9-10H2,1-3H3. The molecule has 0 amide bonds. The van der Waals surface area contributed by atoms with Crippen molar-refractivity contribution in [2.24, 2.45) is 5.41 Å². The molecular weight excluding hydrogens is 261 g/mol. The van der Waals surface area contributed by atoms with Gasteiger partial charge in [0, 0.05) is 16.6 Å². The number of hydrogen-bond acceptors (Lipinski definition) is 2. The molecule has 0 heterocycles. The molecule has 0 bridgehead atoms. The quantitative estimate of drug-likeness (QED) is 0.791. The van der Waals surface area contributed by atoms with E-state index in [0.717, 1.165) is 18.4 Å². The summed E-state index contributed by atoms with van der Waals surface area (Å²) < 4.78 is 25.0. The summed E-state index contributed by atoms with van der Waals surface area (Å²) >= 11 is 0. The summed E-state index contributed by atoms with van der Waals surface area (Å²) in [5, 5.41) is 8.81. The third kappa shape index (κ3) is 5.12. The van der Waals surface area contributed by atoms with E-state index in [-0.39, 0.29) is 16.5 Å². The van der Waals surface area contributed by atoms with E-state index in [1.807, 2.05) is 20.8 Å². The Morgan fingerprint density at radius 1 is 1.37 bits per heavy atom. The normalized spacial score (nSPS) is 14.7. The molecule has 0 aliphatic heterocycles. The Bertz CT molecular complexity index is 476. The van der Waals surface area contributed by atoms with Crippen molar-refractivity contribution in [2.45, 2.75) is 38.9 Å². The molecule has 104 valence electrons. The van der Waals surface area contributed by atoms with Crippen molar-refractivity contribution in [2.75, 3.05) is 5.75 Å². The molecule has 0 spiro atoms. The van der Waals surface area contributed by atoms with Gasteiger partial charge >= 0.3 is 0 Å². The van der Waals surface area contributed by atoms with Crippen LogP contribution in [0.3, 0.4) is 0 Å². The summed E-state index contributed by atoms with van der Waals surface area (Å²) in [4.78, 5) is 0. The van der Waals surface area contributed by atoms with Crippen LogP contribution in [0.15, 0.2) is 24.3 Å². The maximum atomic E-state index is 12.8. The van der Waals surface area contributed by atoms with E-state index in [9.17, 15) is 8.60 Å². The van der Waals surface area contributed by atoms with Gasteiger partial charge in [0.05, 0.1) is 16.7 Å². The average Bonchev–Trinajstić information content (AvgIpc) is 2.38. The van der Waals surface area contributed by atoms with Crippen molar-refractivity contribution >= 4 is 10.8 Å². The predicted octanol–water partition coefficient (Wildman–Crippen LogP) is 3.97. The molecule has 0 saturated carbocycles. The van der Waals surface area contributed by atoms with Crippen molar-refractivity contribution in [3.63, 3.8) is 0 Å². The van der Waals surface area contributed by atoms with Crippen molar-refractivity contribution in [1.29, 1.82) is 5.26 Å². The van der Waals surface area contributed by atoms with E-state index >= 15 is 0 Å². The van der Waals surface area contributed by atoms with Crippen molar-refractivity contribution < 1.29 is 8.60 Å². The Morgan fingerprint density at radius 3 is 2.47 bits per heavy atom. The number of benzene rings is 1. The summed E-state index contributed by atoms with van der Waals surface area (Å²) in [6, 6.07) is 8.38. The molecule has 2 unspecified atom stereocenters. The SMILES string of the molecule is CC(c1ccc(F)cc1)S(=O)CCCC(C)(C)C#N. The predicted molar refractivity (Wildman–Crippen MR) is 76.5 cm³/mol. The van der Waals surface area contributed by atoms with Crippen molar-refractivity contribution in [1.82, 2.24) is 0 Å². The van der Waals surface area contributed by atoms with E-state index in [1.165, 1.54) is 12.1 Å². The van der Waals surface area contributed by atoms with Gasteiger partial charge in [-0.3, -0.25) is 4.21 Å². The van der Waals surface area contributed by atoms with Crippen LogP contribution in [0.5, 0.6) is 0 Å². The second-order valence-corrected chi connectivity index (χ2v) is 7.25. The van der Waals surface area contributed by atoms with Crippen LogP contribution in [0.4, 0.5) is 4.39 Å². The second kappa shape index (κ2) is 6.81. The van der Waals surface area contributed by atoms with Crippen LogP contribution in [-0.4, -0.2) is 9.96 Å². The Morgan fingerprint density at radius 2 is 1.95 bits per heavy atom. The third-order valence-corrected chi connectivity index (χ3v) is 4.94. The summed E-state index contributed by atoms with van der Waals surface area (Å²) in [7, 11) is -0.991. The maximum Gasteiger partial charge on any atom is 0.123 e. The van der Waals surface area contributed by atoms with Crippen molar-refractivity contribution in [3.05, 3.63) is 35.6 Å². The number of nitrogens with zero attached hydrogens (tertiary/aromatic N) is 1. The molecule has 1 rings (SSSR count).